The monoisotopic (exact) mass is 396 g/mol. The van der Waals surface area contributed by atoms with Crippen molar-refractivity contribution in [1.82, 2.24) is 9.88 Å². The molecule has 1 aromatic heterocycles. The Morgan fingerprint density at radius 2 is 1.73 bits per heavy atom. The lowest BCUT2D eigenvalue weighted by Crippen LogP contribution is -2.42. The number of ether oxygens (including phenoxy) is 1. The summed E-state index contributed by atoms with van der Waals surface area (Å²) < 4.78 is 5.77. The Labute approximate surface area is 176 Å². The van der Waals surface area contributed by atoms with Gasteiger partial charge in [0.1, 0.15) is 5.75 Å². The van der Waals surface area contributed by atoms with Crippen LogP contribution in [0.15, 0.2) is 78.9 Å². The number of hydrogen-bond acceptors (Lipinski definition) is 2. The molecular weight excluding hydrogens is 372 g/mol. The Kier molecular flexibility index (Phi) is 4.75. The second-order valence-corrected chi connectivity index (χ2v) is 7.81. The van der Waals surface area contributed by atoms with Crippen molar-refractivity contribution in [1.29, 1.82) is 0 Å². The summed E-state index contributed by atoms with van der Waals surface area (Å²) in [5, 5.41) is 1.25. The van der Waals surface area contributed by atoms with Gasteiger partial charge in [-0.05, 0) is 42.7 Å². The summed E-state index contributed by atoms with van der Waals surface area (Å²) in [5.74, 6) is 0.704. The van der Waals surface area contributed by atoms with Crippen LogP contribution in [-0.2, 0) is 11.2 Å². The molecule has 1 aliphatic rings. The van der Waals surface area contributed by atoms with E-state index in [1.807, 2.05) is 41.3 Å². The molecule has 5 rings (SSSR count). The number of aryl methyl sites for hydroxylation is 1. The lowest BCUT2D eigenvalue weighted by Gasteiger charge is -2.36. The SMILES string of the molecule is Cc1ccc([C@H]2c3[nH]c4ccccc4c3CCN2C(=O)COc2ccccc2)cc1. The highest BCUT2D eigenvalue weighted by Gasteiger charge is 2.34. The van der Waals surface area contributed by atoms with Crippen molar-refractivity contribution in [2.24, 2.45) is 0 Å². The first-order valence-electron chi connectivity index (χ1n) is 10.3. The highest BCUT2D eigenvalue weighted by Crippen LogP contribution is 2.38. The topological polar surface area (TPSA) is 45.3 Å². The lowest BCUT2D eigenvalue weighted by atomic mass is 9.92. The largest absolute Gasteiger partial charge is 0.484 e. The van der Waals surface area contributed by atoms with Crippen molar-refractivity contribution in [3.63, 3.8) is 0 Å². The Bertz CT molecular complexity index is 1180. The molecule has 4 nitrogen and oxygen atoms in total. The highest BCUT2D eigenvalue weighted by molar-refractivity contribution is 5.87. The molecule has 1 aliphatic heterocycles. The number of aromatic nitrogens is 1. The number of rotatable bonds is 4. The van der Waals surface area contributed by atoms with Crippen molar-refractivity contribution >= 4 is 16.8 Å². The Morgan fingerprint density at radius 1 is 1.00 bits per heavy atom. The molecule has 30 heavy (non-hydrogen) atoms. The number of H-pyrrole nitrogens is 1. The van der Waals surface area contributed by atoms with Crippen LogP contribution < -0.4 is 4.74 Å². The van der Waals surface area contributed by atoms with E-state index in [9.17, 15) is 4.79 Å². The summed E-state index contributed by atoms with van der Waals surface area (Å²) in [6, 6.07) is 26.2. The molecule has 0 unspecified atom stereocenters. The quantitative estimate of drug-likeness (QED) is 0.526. The first-order valence-corrected chi connectivity index (χ1v) is 10.3. The van der Waals surface area contributed by atoms with Crippen molar-refractivity contribution in [2.45, 2.75) is 19.4 Å². The fraction of sp³-hybridized carbons (Fsp3) is 0.192. The molecule has 4 heteroatoms. The van der Waals surface area contributed by atoms with E-state index in [-0.39, 0.29) is 18.6 Å². The zero-order valence-corrected chi connectivity index (χ0v) is 17.0. The normalized spacial score (nSPS) is 15.8. The van der Waals surface area contributed by atoms with Crippen LogP contribution in [-0.4, -0.2) is 28.9 Å². The van der Waals surface area contributed by atoms with Gasteiger partial charge in [0.25, 0.3) is 5.91 Å². The predicted molar refractivity (Wildman–Crippen MR) is 119 cm³/mol. The van der Waals surface area contributed by atoms with Crippen LogP contribution in [0.25, 0.3) is 10.9 Å². The second kappa shape index (κ2) is 7.71. The Morgan fingerprint density at radius 3 is 2.53 bits per heavy atom. The minimum atomic E-state index is -0.145. The van der Waals surface area contributed by atoms with Crippen molar-refractivity contribution in [3.05, 3.63) is 101 Å². The van der Waals surface area contributed by atoms with E-state index in [0.717, 1.165) is 23.2 Å². The number of nitrogens with zero attached hydrogens (tertiary/aromatic N) is 1. The van der Waals surface area contributed by atoms with Gasteiger partial charge in [-0.2, -0.15) is 0 Å². The fourth-order valence-electron chi connectivity index (χ4n) is 4.35. The van der Waals surface area contributed by atoms with Crippen LogP contribution in [0.1, 0.15) is 28.4 Å². The van der Waals surface area contributed by atoms with Gasteiger partial charge in [0.2, 0.25) is 0 Å². The molecule has 2 heterocycles. The lowest BCUT2D eigenvalue weighted by molar-refractivity contribution is -0.135. The molecule has 0 aliphatic carbocycles. The van der Waals surface area contributed by atoms with E-state index in [2.05, 4.69) is 54.4 Å². The molecule has 0 saturated heterocycles. The van der Waals surface area contributed by atoms with E-state index < -0.39 is 0 Å². The maximum Gasteiger partial charge on any atom is 0.261 e. The zero-order chi connectivity index (χ0) is 20.5. The molecule has 4 aromatic rings. The van der Waals surface area contributed by atoms with Gasteiger partial charge < -0.3 is 14.6 Å². The molecule has 1 N–H and O–H groups in total. The summed E-state index contributed by atoms with van der Waals surface area (Å²) in [7, 11) is 0. The van der Waals surface area contributed by atoms with E-state index in [0.29, 0.717) is 12.3 Å². The fourth-order valence-corrected chi connectivity index (χ4v) is 4.35. The third-order valence-electron chi connectivity index (χ3n) is 5.85. The molecule has 0 saturated carbocycles. The van der Waals surface area contributed by atoms with E-state index in [1.54, 1.807) is 0 Å². The van der Waals surface area contributed by atoms with Gasteiger partial charge in [-0.1, -0.05) is 66.2 Å². The number of benzene rings is 3. The highest BCUT2D eigenvalue weighted by atomic mass is 16.5. The van der Waals surface area contributed by atoms with Gasteiger partial charge in [0, 0.05) is 23.1 Å². The van der Waals surface area contributed by atoms with Crippen LogP contribution in [0.4, 0.5) is 0 Å². The number of nitrogens with one attached hydrogen (secondary N) is 1. The molecule has 0 bridgehead atoms. The van der Waals surface area contributed by atoms with Gasteiger partial charge in [0.15, 0.2) is 6.61 Å². The second-order valence-electron chi connectivity index (χ2n) is 7.81. The number of para-hydroxylation sites is 2. The van der Waals surface area contributed by atoms with Crippen LogP contribution >= 0.6 is 0 Å². The van der Waals surface area contributed by atoms with Gasteiger partial charge in [-0.3, -0.25) is 4.79 Å². The minimum absolute atomic E-state index is 0.00580. The number of amides is 1. The van der Waals surface area contributed by atoms with E-state index in [4.69, 9.17) is 4.74 Å². The summed E-state index contributed by atoms with van der Waals surface area (Å²) >= 11 is 0. The zero-order valence-electron chi connectivity index (χ0n) is 17.0. The number of hydrogen-bond donors (Lipinski definition) is 1. The van der Waals surface area contributed by atoms with Gasteiger partial charge >= 0.3 is 0 Å². The summed E-state index contributed by atoms with van der Waals surface area (Å²) in [5.41, 5.74) is 5.86. The van der Waals surface area contributed by atoms with Gasteiger partial charge in [-0.15, -0.1) is 0 Å². The summed E-state index contributed by atoms with van der Waals surface area (Å²) in [6.45, 7) is 2.78. The number of carbonyl (C=O) groups is 1. The maximum atomic E-state index is 13.2. The van der Waals surface area contributed by atoms with Crippen molar-refractivity contribution in [2.75, 3.05) is 13.2 Å². The average molecular weight is 396 g/mol. The first-order chi connectivity index (χ1) is 14.7. The Balaban J connectivity index is 1.51. The first kappa shape index (κ1) is 18.5. The molecule has 0 fully saturated rings. The van der Waals surface area contributed by atoms with E-state index >= 15 is 0 Å². The summed E-state index contributed by atoms with van der Waals surface area (Å²) in [6.07, 6.45) is 0.832. The third kappa shape index (κ3) is 3.35. The Hall–Kier alpha value is -3.53. The molecule has 0 spiro atoms. The van der Waals surface area contributed by atoms with E-state index in [1.165, 1.54) is 16.5 Å². The van der Waals surface area contributed by atoms with Crippen molar-refractivity contribution < 1.29 is 9.53 Å². The number of carbonyl (C=O) groups excluding carboxylic acids is 1. The smallest absolute Gasteiger partial charge is 0.261 e. The van der Waals surface area contributed by atoms with Crippen molar-refractivity contribution in [3.8, 4) is 5.75 Å². The minimum Gasteiger partial charge on any atom is -0.484 e. The molecule has 3 aromatic carbocycles. The van der Waals surface area contributed by atoms with Gasteiger partial charge in [-0.25, -0.2) is 0 Å². The standard InChI is InChI=1S/C26H24N2O2/c1-18-11-13-19(14-12-18)26-25-22(21-9-5-6-10-23(21)27-25)15-16-28(26)24(29)17-30-20-7-3-2-4-8-20/h2-14,26-27H,15-17H2,1H3/t26-/m0/s1. The number of aromatic amines is 1. The molecule has 1 atom stereocenters. The predicted octanol–water partition coefficient (Wildman–Crippen LogP) is 5.03. The van der Waals surface area contributed by atoms with Crippen LogP contribution in [0.5, 0.6) is 5.75 Å². The molecule has 0 radical (unpaired) electrons. The summed E-state index contributed by atoms with van der Waals surface area (Å²) in [4.78, 5) is 18.8. The third-order valence-corrected chi connectivity index (χ3v) is 5.85. The van der Waals surface area contributed by atoms with Crippen LogP contribution in [0.3, 0.4) is 0 Å². The average Bonchev–Trinajstić information content (AvgIpc) is 3.17. The molecular formula is C26H24N2O2. The van der Waals surface area contributed by atoms with Crippen LogP contribution in [0.2, 0.25) is 0 Å². The molecule has 1 amide bonds. The van der Waals surface area contributed by atoms with Crippen LogP contribution in [0, 0.1) is 6.92 Å². The number of fused-ring (bicyclic) bond motifs is 3. The molecule has 150 valence electrons. The maximum absolute atomic E-state index is 13.2. The van der Waals surface area contributed by atoms with Gasteiger partial charge in [0.05, 0.1) is 6.04 Å².